The Morgan fingerprint density at radius 2 is 2.05 bits per heavy atom. The number of hydrogen-bond donors (Lipinski definition) is 1. The molecule has 2 atom stereocenters. The molecule has 0 spiro atoms. The molecule has 0 heterocycles. The number of alkyl halides is 2. The predicted octanol–water partition coefficient (Wildman–Crippen LogP) is 2.59. The van der Waals surface area contributed by atoms with E-state index in [1.165, 1.54) is 12.1 Å². The number of carbonyl (C=O) groups excluding carboxylic acids is 1. The summed E-state index contributed by atoms with van der Waals surface area (Å²) in [6.07, 6.45) is 0.776. The van der Waals surface area contributed by atoms with Gasteiger partial charge in [0.15, 0.2) is 0 Å². The van der Waals surface area contributed by atoms with E-state index in [0.717, 1.165) is 0 Å². The molecule has 0 fully saturated rings. The van der Waals surface area contributed by atoms with Gasteiger partial charge >= 0.3 is 6.61 Å². The Hall–Kier alpha value is 0.456. The van der Waals surface area contributed by atoms with Crippen molar-refractivity contribution < 1.29 is 22.9 Å². The number of benzene rings is 1. The van der Waals surface area contributed by atoms with Crippen LogP contribution in [0.4, 0.5) is 8.78 Å². The van der Waals surface area contributed by atoms with Crippen LogP contribution in [-0.4, -0.2) is 73.6 Å². The summed E-state index contributed by atoms with van der Waals surface area (Å²) in [5.74, 6) is 0.00161. The quantitative estimate of drug-likeness (QED) is 0.462. The summed E-state index contributed by atoms with van der Waals surface area (Å²) in [5, 5.41) is 0. The summed E-state index contributed by atoms with van der Waals surface area (Å²) in [6, 6.07) is 5.50. The molecule has 22 heavy (non-hydrogen) atoms. The maximum absolute atomic E-state index is 12.2. The van der Waals surface area contributed by atoms with Gasteiger partial charge in [-0.1, -0.05) is 12.1 Å². The van der Waals surface area contributed by atoms with Gasteiger partial charge in [0.25, 0.3) is 0 Å². The fraction of sp³-hybridized carbons (Fsp3) is 0.500. The molecule has 119 valence electrons. The number of rotatable bonds is 7. The van der Waals surface area contributed by atoms with Crippen molar-refractivity contribution in [1.82, 2.24) is 4.72 Å². The Morgan fingerprint density at radius 3 is 2.55 bits per heavy atom. The first-order chi connectivity index (χ1) is 9.74. The maximum Gasteiger partial charge on any atom is 0.387 e. The summed E-state index contributed by atoms with van der Waals surface area (Å²) in [6.45, 7) is 2.47. The molecular weight excluding hydrogens is 339 g/mol. The first kappa shape index (κ1) is 22.5. The largest absolute Gasteiger partial charge is 0.598 e. The molecule has 1 N–H and O–H groups in total. The summed E-state index contributed by atoms with van der Waals surface area (Å²) in [7, 11) is 0. The van der Waals surface area contributed by atoms with Gasteiger partial charge in [0.05, 0.1) is 6.04 Å². The van der Waals surface area contributed by atoms with Crippen molar-refractivity contribution in [3.8, 4) is 5.75 Å². The van der Waals surface area contributed by atoms with E-state index in [-0.39, 0.29) is 63.6 Å². The zero-order valence-electron chi connectivity index (χ0n) is 13.1. The second-order valence-corrected chi connectivity index (χ2v) is 7.40. The molecule has 1 aromatic carbocycles. The molecule has 0 saturated heterocycles. The van der Waals surface area contributed by atoms with E-state index in [4.69, 9.17) is 0 Å². The fourth-order valence-electron chi connectivity index (χ4n) is 1.56. The van der Waals surface area contributed by atoms with Crippen molar-refractivity contribution in [2.75, 3.05) is 0 Å². The van der Waals surface area contributed by atoms with Crippen LogP contribution in [0.15, 0.2) is 24.3 Å². The number of ether oxygens (including phenoxy) is 1. The summed E-state index contributed by atoms with van der Waals surface area (Å²) in [4.78, 5) is 10.8. The molecule has 0 aromatic heterocycles. The van der Waals surface area contributed by atoms with Crippen molar-refractivity contribution >= 4 is 69.0 Å². The molecule has 0 bridgehead atoms. The maximum atomic E-state index is 12.2. The predicted molar refractivity (Wildman–Crippen MR) is 83.3 cm³/mol. The van der Waals surface area contributed by atoms with Crippen LogP contribution in [0.1, 0.15) is 38.8 Å². The average molecular weight is 358 g/mol. The Morgan fingerprint density at radius 1 is 1.41 bits per heavy atom. The molecule has 0 amide bonds. The van der Waals surface area contributed by atoms with E-state index in [1.807, 2.05) is 0 Å². The minimum atomic E-state index is -2.92. The van der Waals surface area contributed by atoms with Gasteiger partial charge in [0.2, 0.25) is 0 Å². The van der Waals surface area contributed by atoms with Gasteiger partial charge in [-0.3, -0.25) is 0 Å². The topological polar surface area (TPSA) is 61.4 Å². The van der Waals surface area contributed by atoms with Crippen LogP contribution in [0.5, 0.6) is 5.75 Å². The summed E-state index contributed by atoms with van der Waals surface area (Å²) < 4.78 is 43.2. The van der Waals surface area contributed by atoms with Crippen molar-refractivity contribution in [2.24, 2.45) is 0 Å². The SMILES string of the molecule is CC(C)(C)[S+]([O-])N[C@@H](CC=O)c1cccc(OC(F)F)c1.[K]. The molecule has 1 aromatic rings. The molecule has 1 unspecified atom stereocenters. The van der Waals surface area contributed by atoms with E-state index in [0.29, 0.717) is 11.8 Å². The van der Waals surface area contributed by atoms with E-state index >= 15 is 0 Å². The van der Waals surface area contributed by atoms with Gasteiger partial charge in [-0.15, -0.1) is 4.72 Å². The Balaban J connectivity index is 0.00000441. The molecule has 0 aliphatic rings. The zero-order valence-corrected chi connectivity index (χ0v) is 17.1. The van der Waals surface area contributed by atoms with E-state index in [9.17, 15) is 18.1 Å². The van der Waals surface area contributed by atoms with Crippen LogP contribution in [0.3, 0.4) is 0 Å². The van der Waals surface area contributed by atoms with Crippen molar-refractivity contribution in [2.45, 2.75) is 44.6 Å². The third-order valence-corrected chi connectivity index (χ3v) is 4.23. The van der Waals surface area contributed by atoms with Gasteiger partial charge in [-0.25, -0.2) is 0 Å². The Kier molecular flexibility index (Phi) is 10.6. The third-order valence-electron chi connectivity index (χ3n) is 2.62. The second-order valence-electron chi connectivity index (χ2n) is 5.40. The van der Waals surface area contributed by atoms with Crippen LogP contribution in [-0.2, 0) is 16.2 Å². The number of nitrogens with one attached hydrogen (secondary N) is 1. The first-order valence-electron chi connectivity index (χ1n) is 6.40. The van der Waals surface area contributed by atoms with Crippen LogP contribution >= 0.6 is 0 Å². The van der Waals surface area contributed by atoms with Gasteiger partial charge in [-0.05, 0) is 38.5 Å². The van der Waals surface area contributed by atoms with Crippen LogP contribution in [0, 0.1) is 0 Å². The third kappa shape index (κ3) is 7.83. The average Bonchev–Trinajstić information content (AvgIpc) is 2.36. The van der Waals surface area contributed by atoms with E-state index < -0.39 is 28.8 Å². The molecule has 0 saturated carbocycles. The van der Waals surface area contributed by atoms with Crippen LogP contribution < -0.4 is 9.46 Å². The number of halogens is 2. The molecule has 1 radical (unpaired) electrons. The van der Waals surface area contributed by atoms with E-state index in [2.05, 4.69) is 9.46 Å². The summed E-state index contributed by atoms with van der Waals surface area (Å²) >= 11 is -1.38. The number of carbonyl (C=O) groups is 1. The monoisotopic (exact) mass is 358 g/mol. The first-order valence-corrected chi connectivity index (χ1v) is 7.55. The molecule has 0 aliphatic carbocycles. The zero-order chi connectivity index (χ0) is 16.0. The molecule has 1 rings (SSSR count). The standard InChI is InChI=1S/C14H19F2NO3S.K/c1-14(2,3)21(19)17-12(7-8-18)10-5-4-6-11(9-10)20-13(15)16;/h4-6,8-9,12-13,17H,7H2,1-3H3;/t12-,21?;/m0./s1. The minimum absolute atomic E-state index is 0. The van der Waals surface area contributed by atoms with Gasteiger partial charge in [0.1, 0.15) is 16.8 Å². The van der Waals surface area contributed by atoms with Crippen LogP contribution in [0.2, 0.25) is 0 Å². The summed E-state index contributed by atoms with van der Waals surface area (Å²) in [5.41, 5.74) is 0.567. The molecular formula is C14H19F2KNO3S. The molecule has 8 heteroatoms. The van der Waals surface area contributed by atoms with E-state index in [1.54, 1.807) is 32.9 Å². The van der Waals surface area contributed by atoms with Crippen molar-refractivity contribution in [3.05, 3.63) is 29.8 Å². The molecule has 4 nitrogen and oxygen atoms in total. The van der Waals surface area contributed by atoms with Gasteiger partial charge in [0, 0.05) is 69.2 Å². The normalized spacial score (nSPS) is 14.1. The smallest absolute Gasteiger partial charge is 0.387 e. The van der Waals surface area contributed by atoms with Gasteiger partial charge < -0.3 is 14.1 Å². The number of aldehydes is 1. The molecule has 0 aliphatic heterocycles. The van der Waals surface area contributed by atoms with Crippen molar-refractivity contribution in [3.63, 3.8) is 0 Å². The Labute approximate surface area is 175 Å². The van der Waals surface area contributed by atoms with Crippen molar-refractivity contribution in [1.29, 1.82) is 0 Å². The van der Waals surface area contributed by atoms with Crippen LogP contribution in [0.25, 0.3) is 0 Å². The minimum Gasteiger partial charge on any atom is -0.598 e. The van der Waals surface area contributed by atoms with Gasteiger partial charge in [-0.2, -0.15) is 8.78 Å². The second kappa shape index (κ2) is 10.3. The number of hydrogen-bond acceptors (Lipinski definition) is 4. The Bertz CT molecular complexity index is 472. The fourth-order valence-corrected chi connectivity index (χ4v) is 2.41.